The van der Waals surface area contributed by atoms with Crippen molar-refractivity contribution in [2.24, 2.45) is 5.92 Å². The van der Waals surface area contributed by atoms with Crippen molar-refractivity contribution < 1.29 is 9.90 Å². The molecule has 0 aliphatic heterocycles. The first-order valence-corrected chi connectivity index (χ1v) is 4.31. The summed E-state index contributed by atoms with van der Waals surface area (Å²) in [6, 6.07) is 0. The first kappa shape index (κ1) is 10.1. The summed E-state index contributed by atoms with van der Waals surface area (Å²) in [6.45, 7) is 3.76. The Kier molecular flexibility index (Phi) is 2.93. The molecule has 0 spiro atoms. The smallest absolute Gasteiger partial charge is 0.308 e. The number of hydrogen-bond donors (Lipinski definition) is 1. The van der Waals surface area contributed by atoms with E-state index in [1.165, 1.54) is 0 Å². The molecule has 1 unspecified atom stereocenters. The third kappa shape index (κ3) is 2.45. The van der Waals surface area contributed by atoms with Crippen molar-refractivity contribution in [3.63, 3.8) is 0 Å². The molecule has 5 heteroatoms. The molecule has 1 aromatic heterocycles. The maximum atomic E-state index is 10.5. The molecule has 13 heavy (non-hydrogen) atoms. The van der Waals surface area contributed by atoms with Crippen molar-refractivity contribution in [3.05, 3.63) is 16.9 Å². The van der Waals surface area contributed by atoms with Crippen LogP contribution in [0.1, 0.15) is 12.6 Å². The Balaban J connectivity index is 2.69. The largest absolute Gasteiger partial charge is 0.481 e. The zero-order chi connectivity index (χ0) is 10.0. The molecule has 1 N–H and O–H groups in total. The van der Waals surface area contributed by atoms with Crippen LogP contribution in [0, 0.1) is 12.8 Å². The highest BCUT2D eigenvalue weighted by molar-refractivity contribution is 6.31. The van der Waals surface area contributed by atoms with Crippen LogP contribution < -0.4 is 0 Å². The van der Waals surface area contributed by atoms with Crippen LogP contribution in [-0.4, -0.2) is 20.9 Å². The van der Waals surface area contributed by atoms with E-state index in [0.717, 1.165) is 5.69 Å². The summed E-state index contributed by atoms with van der Waals surface area (Å²) in [7, 11) is 0. The van der Waals surface area contributed by atoms with Gasteiger partial charge in [0.15, 0.2) is 0 Å². The van der Waals surface area contributed by atoms with E-state index in [1.54, 1.807) is 24.7 Å². The fourth-order valence-electron chi connectivity index (χ4n) is 0.946. The van der Waals surface area contributed by atoms with Crippen molar-refractivity contribution in [2.75, 3.05) is 0 Å². The Hall–Kier alpha value is -1.03. The SMILES string of the molecule is Cc1nn(CC(C)C(=O)O)cc1Cl. The minimum atomic E-state index is -0.829. The number of nitrogens with zero attached hydrogens (tertiary/aromatic N) is 2. The standard InChI is InChI=1S/C8H11ClN2O2/c1-5(8(12)13)3-11-4-7(9)6(2)10-11/h4-5H,3H2,1-2H3,(H,12,13). The summed E-state index contributed by atoms with van der Waals surface area (Å²) in [5, 5.41) is 13.3. The molecule has 1 atom stereocenters. The zero-order valence-corrected chi connectivity index (χ0v) is 8.25. The van der Waals surface area contributed by atoms with Gasteiger partial charge in [0.25, 0.3) is 0 Å². The molecule has 4 nitrogen and oxygen atoms in total. The highest BCUT2D eigenvalue weighted by Crippen LogP contribution is 2.13. The molecule has 0 aliphatic carbocycles. The second-order valence-electron chi connectivity index (χ2n) is 3.02. The first-order valence-electron chi connectivity index (χ1n) is 3.93. The number of aryl methyl sites for hydroxylation is 1. The molecule has 0 radical (unpaired) electrons. The first-order chi connectivity index (χ1) is 6.00. The second kappa shape index (κ2) is 3.79. The highest BCUT2D eigenvalue weighted by atomic mass is 35.5. The molecule has 0 saturated carbocycles. The molecule has 1 rings (SSSR count). The monoisotopic (exact) mass is 202 g/mol. The fraction of sp³-hybridized carbons (Fsp3) is 0.500. The molecule has 0 saturated heterocycles. The number of rotatable bonds is 3. The van der Waals surface area contributed by atoms with Crippen LogP contribution in [0.5, 0.6) is 0 Å². The summed E-state index contributed by atoms with van der Waals surface area (Å²) in [6.07, 6.45) is 1.64. The van der Waals surface area contributed by atoms with Gasteiger partial charge >= 0.3 is 5.97 Å². The molecule has 0 aromatic carbocycles. The van der Waals surface area contributed by atoms with Crippen molar-refractivity contribution in [1.82, 2.24) is 9.78 Å². The Labute approximate surface area is 81.1 Å². The third-order valence-corrected chi connectivity index (χ3v) is 2.14. The van der Waals surface area contributed by atoms with Crippen LogP contribution >= 0.6 is 11.6 Å². The van der Waals surface area contributed by atoms with E-state index in [0.29, 0.717) is 11.6 Å². The molecule has 1 aromatic rings. The van der Waals surface area contributed by atoms with E-state index in [1.807, 2.05) is 0 Å². The summed E-state index contributed by atoms with van der Waals surface area (Å²) < 4.78 is 1.55. The van der Waals surface area contributed by atoms with E-state index in [9.17, 15) is 4.79 Å². The minimum Gasteiger partial charge on any atom is -0.481 e. The van der Waals surface area contributed by atoms with Gasteiger partial charge in [0, 0.05) is 6.20 Å². The van der Waals surface area contributed by atoms with Crippen molar-refractivity contribution in [3.8, 4) is 0 Å². The summed E-state index contributed by atoms with van der Waals surface area (Å²) >= 11 is 5.76. The number of carboxylic acid groups (broad SMARTS) is 1. The lowest BCUT2D eigenvalue weighted by Crippen LogP contribution is -2.16. The van der Waals surface area contributed by atoms with Gasteiger partial charge in [-0.15, -0.1) is 0 Å². The Morgan fingerprint density at radius 1 is 1.85 bits per heavy atom. The van der Waals surface area contributed by atoms with Gasteiger partial charge in [-0.1, -0.05) is 18.5 Å². The van der Waals surface area contributed by atoms with E-state index < -0.39 is 11.9 Å². The van der Waals surface area contributed by atoms with Crippen LogP contribution in [0.15, 0.2) is 6.20 Å². The van der Waals surface area contributed by atoms with E-state index in [2.05, 4.69) is 5.10 Å². The molecular formula is C8H11ClN2O2. The minimum absolute atomic E-state index is 0.350. The van der Waals surface area contributed by atoms with Crippen LogP contribution in [0.3, 0.4) is 0 Å². The topological polar surface area (TPSA) is 55.1 Å². The van der Waals surface area contributed by atoms with Gasteiger partial charge in [-0.3, -0.25) is 9.48 Å². The van der Waals surface area contributed by atoms with Gasteiger partial charge < -0.3 is 5.11 Å². The third-order valence-electron chi connectivity index (χ3n) is 1.77. The predicted molar refractivity (Wildman–Crippen MR) is 48.8 cm³/mol. The quantitative estimate of drug-likeness (QED) is 0.810. The summed E-state index contributed by atoms with van der Waals surface area (Å²) in [5.74, 6) is -1.28. The van der Waals surface area contributed by atoms with Gasteiger partial charge in [-0.25, -0.2) is 0 Å². The van der Waals surface area contributed by atoms with Gasteiger partial charge in [0.05, 0.1) is 23.2 Å². The molecule has 72 valence electrons. The molecule has 0 fully saturated rings. The lowest BCUT2D eigenvalue weighted by molar-refractivity contribution is -0.141. The van der Waals surface area contributed by atoms with Crippen LogP contribution in [-0.2, 0) is 11.3 Å². The van der Waals surface area contributed by atoms with Gasteiger partial charge in [0.1, 0.15) is 0 Å². The lowest BCUT2D eigenvalue weighted by Gasteiger charge is -2.04. The highest BCUT2D eigenvalue weighted by Gasteiger charge is 2.12. The number of halogens is 1. The Morgan fingerprint density at radius 3 is 2.85 bits per heavy atom. The number of aliphatic carboxylic acids is 1. The predicted octanol–water partition coefficient (Wildman–Crippen LogP) is 1.57. The zero-order valence-electron chi connectivity index (χ0n) is 7.49. The maximum Gasteiger partial charge on any atom is 0.308 e. The van der Waals surface area contributed by atoms with E-state index in [4.69, 9.17) is 16.7 Å². The molecule has 0 amide bonds. The van der Waals surface area contributed by atoms with Crippen LogP contribution in [0.25, 0.3) is 0 Å². The van der Waals surface area contributed by atoms with Crippen molar-refractivity contribution in [1.29, 1.82) is 0 Å². The van der Waals surface area contributed by atoms with E-state index >= 15 is 0 Å². The average molecular weight is 203 g/mol. The van der Waals surface area contributed by atoms with Crippen molar-refractivity contribution >= 4 is 17.6 Å². The number of hydrogen-bond acceptors (Lipinski definition) is 2. The van der Waals surface area contributed by atoms with Gasteiger partial charge in [0.2, 0.25) is 0 Å². The van der Waals surface area contributed by atoms with Crippen molar-refractivity contribution in [2.45, 2.75) is 20.4 Å². The van der Waals surface area contributed by atoms with Gasteiger partial charge in [-0.05, 0) is 6.92 Å². The van der Waals surface area contributed by atoms with Crippen LogP contribution in [0.2, 0.25) is 5.02 Å². The fourth-order valence-corrected chi connectivity index (χ4v) is 1.10. The van der Waals surface area contributed by atoms with Crippen LogP contribution in [0.4, 0.5) is 0 Å². The molecule has 1 heterocycles. The second-order valence-corrected chi connectivity index (χ2v) is 3.43. The molecule has 0 bridgehead atoms. The summed E-state index contributed by atoms with van der Waals surface area (Å²) in [4.78, 5) is 10.5. The molecular weight excluding hydrogens is 192 g/mol. The normalized spacial score (nSPS) is 12.8. The maximum absolute atomic E-state index is 10.5. The average Bonchev–Trinajstić information content (AvgIpc) is 2.31. The number of carbonyl (C=O) groups is 1. The Morgan fingerprint density at radius 2 is 2.46 bits per heavy atom. The molecule has 0 aliphatic rings. The Bertz CT molecular complexity index is 302. The summed E-state index contributed by atoms with van der Waals surface area (Å²) in [5.41, 5.74) is 0.722. The van der Waals surface area contributed by atoms with E-state index in [-0.39, 0.29) is 0 Å². The number of aromatic nitrogens is 2. The number of carboxylic acids is 1. The lowest BCUT2D eigenvalue weighted by atomic mass is 10.2. The van der Waals surface area contributed by atoms with Gasteiger partial charge in [-0.2, -0.15) is 5.10 Å².